The molecular formula is C62H41N5. The van der Waals surface area contributed by atoms with Gasteiger partial charge in [-0.25, -0.2) is 24.9 Å². The Hall–Kier alpha value is -8.93. The average molecular weight is 856 g/mol. The topological polar surface area (TPSA) is 64.5 Å². The van der Waals surface area contributed by atoms with Crippen LogP contribution >= 0.6 is 0 Å². The van der Waals surface area contributed by atoms with E-state index in [1.807, 2.05) is 66.7 Å². The molecule has 0 unspecified atom stereocenters. The summed E-state index contributed by atoms with van der Waals surface area (Å²) in [5, 5.41) is 0. The van der Waals surface area contributed by atoms with Gasteiger partial charge in [-0.1, -0.05) is 231 Å². The van der Waals surface area contributed by atoms with Crippen molar-refractivity contribution in [3.05, 3.63) is 271 Å². The number of hydrogen-bond donors (Lipinski definition) is 0. The van der Waals surface area contributed by atoms with Crippen molar-refractivity contribution < 1.29 is 0 Å². The molecule has 0 radical (unpaired) electrons. The molecule has 0 spiro atoms. The summed E-state index contributed by atoms with van der Waals surface area (Å²) in [6, 6.07) is 87.0. The molecule has 12 rings (SSSR count). The molecule has 0 bridgehead atoms. The van der Waals surface area contributed by atoms with Gasteiger partial charge in [-0.15, -0.1) is 0 Å². The maximum Gasteiger partial charge on any atom is 0.164 e. The van der Waals surface area contributed by atoms with Gasteiger partial charge < -0.3 is 0 Å². The molecule has 1 aliphatic carbocycles. The lowest BCUT2D eigenvalue weighted by molar-refractivity contribution is 0.768. The van der Waals surface area contributed by atoms with Crippen molar-refractivity contribution in [3.63, 3.8) is 0 Å². The second-order valence-electron chi connectivity index (χ2n) is 16.8. The van der Waals surface area contributed by atoms with Gasteiger partial charge in [0.1, 0.15) is 0 Å². The van der Waals surface area contributed by atoms with Crippen LogP contribution in [0.5, 0.6) is 0 Å². The van der Waals surface area contributed by atoms with E-state index in [2.05, 4.69) is 182 Å². The van der Waals surface area contributed by atoms with E-state index in [1.54, 1.807) is 0 Å². The first-order chi connectivity index (χ1) is 33.2. The second-order valence-corrected chi connectivity index (χ2v) is 16.8. The van der Waals surface area contributed by atoms with E-state index in [4.69, 9.17) is 24.9 Å². The lowest BCUT2D eigenvalue weighted by atomic mass is 9.67. The highest BCUT2D eigenvalue weighted by atomic mass is 15.0. The number of aromatic nitrogens is 5. The summed E-state index contributed by atoms with van der Waals surface area (Å²) in [5.74, 6) is 2.54. The first-order valence-electron chi connectivity index (χ1n) is 22.6. The lowest BCUT2D eigenvalue weighted by Crippen LogP contribution is -2.28. The van der Waals surface area contributed by atoms with Crippen LogP contribution in [0.3, 0.4) is 0 Å². The summed E-state index contributed by atoms with van der Waals surface area (Å²) in [7, 11) is 0. The summed E-state index contributed by atoms with van der Waals surface area (Å²) in [4.78, 5) is 25.8. The first kappa shape index (κ1) is 39.6. The summed E-state index contributed by atoms with van der Waals surface area (Å²) >= 11 is 0. The minimum atomic E-state index is -0.541. The monoisotopic (exact) mass is 855 g/mol. The van der Waals surface area contributed by atoms with Gasteiger partial charge in [0.2, 0.25) is 0 Å². The molecule has 0 aliphatic heterocycles. The molecule has 0 fully saturated rings. The van der Waals surface area contributed by atoms with E-state index >= 15 is 0 Å². The fourth-order valence-corrected chi connectivity index (χ4v) is 9.79. The number of benzene rings is 9. The standard InChI is InChI=1S/C62H41N5/c1-6-21-42(22-7-1)55-41-56(64-61(63-55)52-36-20-38-54-57(52)51-35-16-17-37-53(51)62(54,49-31-12-4-13-32-49)50-33-14-5-15-34-50)47-29-18-27-45(39-47)46-28-19-30-48(40-46)60-66-58(43-23-8-2-9-24-43)65-59(67-60)44-25-10-3-11-26-44/h1-41H. The van der Waals surface area contributed by atoms with Crippen LogP contribution in [0.15, 0.2) is 249 Å². The van der Waals surface area contributed by atoms with Gasteiger partial charge in [0.05, 0.1) is 16.8 Å². The van der Waals surface area contributed by atoms with E-state index < -0.39 is 5.41 Å². The van der Waals surface area contributed by atoms with Crippen molar-refractivity contribution in [3.8, 4) is 90.3 Å². The van der Waals surface area contributed by atoms with E-state index in [0.717, 1.165) is 61.5 Å². The minimum absolute atomic E-state index is 0.541. The molecule has 1 aliphatic rings. The Morgan fingerprint density at radius 2 is 0.627 bits per heavy atom. The van der Waals surface area contributed by atoms with Gasteiger partial charge in [-0.2, -0.15) is 0 Å². The predicted octanol–water partition coefficient (Wildman–Crippen LogP) is 14.7. The quantitative estimate of drug-likeness (QED) is 0.145. The molecule has 11 aromatic rings. The fraction of sp³-hybridized carbons (Fsp3) is 0.0161. The highest BCUT2D eigenvalue weighted by molar-refractivity contribution is 5.95. The third kappa shape index (κ3) is 7.11. The van der Waals surface area contributed by atoms with Crippen LogP contribution in [0.4, 0.5) is 0 Å². The van der Waals surface area contributed by atoms with Crippen molar-refractivity contribution in [1.82, 2.24) is 24.9 Å². The zero-order chi connectivity index (χ0) is 44.6. The fourth-order valence-electron chi connectivity index (χ4n) is 9.79. The summed E-state index contributed by atoms with van der Waals surface area (Å²) < 4.78 is 0. The van der Waals surface area contributed by atoms with E-state index in [1.165, 1.54) is 27.8 Å². The Kier molecular flexibility index (Phi) is 9.99. The summed E-state index contributed by atoms with van der Waals surface area (Å²) in [6.45, 7) is 0. The van der Waals surface area contributed by atoms with Crippen molar-refractivity contribution in [2.45, 2.75) is 5.41 Å². The van der Waals surface area contributed by atoms with Crippen LogP contribution < -0.4 is 0 Å². The summed E-state index contributed by atoms with van der Waals surface area (Å²) in [6.07, 6.45) is 0. The van der Waals surface area contributed by atoms with Crippen LogP contribution in [0.2, 0.25) is 0 Å². The van der Waals surface area contributed by atoms with Crippen LogP contribution in [-0.2, 0) is 5.41 Å². The Balaban J connectivity index is 1.000. The van der Waals surface area contributed by atoms with Gasteiger partial charge in [0.25, 0.3) is 0 Å². The zero-order valence-electron chi connectivity index (χ0n) is 36.4. The normalized spacial score (nSPS) is 12.3. The Morgan fingerprint density at radius 3 is 1.21 bits per heavy atom. The van der Waals surface area contributed by atoms with Gasteiger partial charge >= 0.3 is 0 Å². The Labute approximate surface area is 389 Å². The van der Waals surface area contributed by atoms with Crippen LogP contribution in [0.25, 0.3) is 90.3 Å². The van der Waals surface area contributed by atoms with Gasteiger partial charge in [0, 0.05) is 33.4 Å². The largest absolute Gasteiger partial charge is 0.228 e. The van der Waals surface area contributed by atoms with Crippen LogP contribution in [-0.4, -0.2) is 24.9 Å². The summed E-state index contributed by atoms with van der Waals surface area (Å²) in [5.41, 5.74) is 16.2. The molecule has 0 atom stereocenters. The number of nitrogens with zero attached hydrogens (tertiary/aromatic N) is 5. The molecule has 0 N–H and O–H groups in total. The third-order valence-corrected chi connectivity index (χ3v) is 12.8. The highest BCUT2D eigenvalue weighted by Crippen LogP contribution is 2.58. The smallest absolute Gasteiger partial charge is 0.164 e. The lowest BCUT2D eigenvalue weighted by Gasteiger charge is -2.33. The molecule has 2 heterocycles. The predicted molar refractivity (Wildman–Crippen MR) is 271 cm³/mol. The molecule has 5 nitrogen and oxygen atoms in total. The van der Waals surface area contributed by atoms with Gasteiger partial charge in [0.15, 0.2) is 23.3 Å². The van der Waals surface area contributed by atoms with Gasteiger partial charge in [-0.05, 0) is 62.7 Å². The number of rotatable bonds is 9. The third-order valence-electron chi connectivity index (χ3n) is 12.8. The van der Waals surface area contributed by atoms with Crippen LogP contribution in [0.1, 0.15) is 22.3 Å². The Bertz CT molecular complexity index is 3460. The average Bonchev–Trinajstić information content (AvgIpc) is 3.73. The molecule has 9 aromatic carbocycles. The van der Waals surface area contributed by atoms with E-state index in [0.29, 0.717) is 23.3 Å². The highest BCUT2D eigenvalue weighted by Gasteiger charge is 2.47. The first-order valence-corrected chi connectivity index (χ1v) is 22.6. The molecule has 0 saturated carbocycles. The molecule has 0 amide bonds. The van der Waals surface area contributed by atoms with Crippen molar-refractivity contribution in [2.75, 3.05) is 0 Å². The number of hydrogen-bond acceptors (Lipinski definition) is 5. The van der Waals surface area contributed by atoms with E-state index in [9.17, 15) is 0 Å². The number of fused-ring (bicyclic) bond motifs is 3. The molecular weight excluding hydrogens is 815 g/mol. The maximum absolute atomic E-state index is 5.48. The molecule has 314 valence electrons. The van der Waals surface area contributed by atoms with Crippen molar-refractivity contribution >= 4 is 0 Å². The maximum atomic E-state index is 5.48. The van der Waals surface area contributed by atoms with Crippen LogP contribution in [0, 0.1) is 0 Å². The minimum Gasteiger partial charge on any atom is -0.228 e. The van der Waals surface area contributed by atoms with Gasteiger partial charge in [-0.3, -0.25) is 0 Å². The molecule has 2 aromatic heterocycles. The van der Waals surface area contributed by atoms with Crippen molar-refractivity contribution in [1.29, 1.82) is 0 Å². The molecule has 67 heavy (non-hydrogen) atoms. The van der Waals surface area contributed by atoms with E-state index in [-0.39, 0.29) is 0 Å². The molecule has 5 heteroatoms. The van der Waals surface area contributed by atoms with Crippen molar-refractivity contribution in [2.24, 2.45) is 0 Å². The zero-order valence-corrected chi connectivity index (χ0v) is 36.4. The SMILES string of the molecule is c1ccc(-c2cc(-c3cccc(-c4cccc(-c5nc(-c6ccccc6)nc(-c6ccccc6)n5)c4)c3)nc(-c3cccc4c3-c3ccccc3C4(c3ccccc3)c3ccccc3)n2)cc1. The second kappa shape index (κ2) is 16.9. The molecule has 0 saturated heterocycles. The Morgan fingerprint density at radius 1 is 0.239 bits per heavy atom.